The molecule has 0 bridgehead atoms. The lowest BCUT2D eigenvalue weighted by molar-refractivity contribution is -0.168. The molecule has 1 aliphatic rings. The summed E-state index contributed by atoms with van der Waals surface area (Å²) in [5.41, 5.74) is 2.42. The van der Waals surface area contributed by atoms with Crippen LogP contribution in [0.5, 0.6) is 0 Å². The lowest BCUT2D eigenvalue weighted by Gasteiger charge is -2.43. The van der Waals surface area contributed by atoms with Crippen molar-refractivity contribution in [2.24, 2.45) is 0 Å². The van der Waals surface area contributed by atoms with E-state index >= 15 is 0 Å². The smallest absolute Gasteiger partial charge is 0.190 e. The molecular weight excluding hydrogens is 384 g/mol. The zero-order valence-corrected chi connectivity index (χ0v) is 17.8. The van der Waals surface area contributed by atoms with E-state index in [2.05, 4.69) is 30.3 Å². The summed E-state index contributed by atoms with van der Waals surface area (Å²) in [5, 5.41) is 11.6. The van der Waals surface area contributed by atoms with E-state index in [0.29, 0.717) is 18.7 Å². The molecule has 1 atom stereocenters. The van der Waals surface area contributed by atoms with Crippen molar-refractivity contribution in [1.82, 2.24) is 0 Å². The molecule has 29 heavy (non-hydrogen) atoms. The topological polar surface area (TPSA) is 38.7 Å². The Morgan fingerprint density at radius 2 is 1.55 bits per heavy atom. The number of hydrogen-bond donors (Lipinski definition) is 1. The van der Waals surface area contributed by atoms with Crippen LogP contribution >= 0.6 is 11.6 Å². The van der Waals surface area contributed by atoms with E-state index in [9.17, 15) is 5.11 Å². The third-order valence-electron chi connectivity index (χ3n) is 5.84. The number of benzene rings is 2. The van der Waals surface area contributed by atoms with Crippen molar-refractivity contribution in [1.29, 1.82) is 0 Å². The fourth-order valence-electron chi connectivity index (χ4n) is 4.25. The van der Waals surface area contributed by atoms with Crippen LogP contribution < -0.4 is 0 Å². The predicted octanol–water partition coefficient (Wildman–Crippen LogP) is 5.23. The summed E-state index contributed by atoms with van der Waals surface area (Å²) in [7, 11) is 3.28. The molecule has 2 aromatic carbocycles. The minimum absolute atomic E-state index is 0.516. The van der Waals surface area contributed by atoms with Gasteiger partial charge in [0.05, 0.1) is 11.5 Å². The molecule has 0 saturated heterocycles. The molecule has 0 heterocycles. The summed E-state index contributed by atoms with van der Waals surface area (Å²) in [5.74, 6) is -0.258. The normalized spacial score (nSPS) is 17.0. The number of alkyl halides is 1. The highest BCUT2D eigenvalue weighted by molar-refractivity contribution is 6.17. The summed E-state index contributed by atoms with van der Waals surface area (Å²) in [6, 6.07) is 20.4. The van der Waals surface area contributed by atoms with Crippen LogP contribution in [0.3, 0.4) is 0 Å². The monoisotopic (exact) mass is 412 g/mol. The van der Waals surface area contributed by atoms with Crippen molar-refractivity contribution >= 4 is 11.6 Å². The Balaban J connectivity index is 2.20. The highest BCUT2D eigenvalue weighted by Gasteiger charge is 2.45. The van der Waals surface area contributed by atoms with Crippen LogP contribution in [0.15, 0.2) is 84.5 Å². The van der Waals surface area contributed by atoms with Crippen LogP contribution in [-0.4, -0.2) is 37.1 Å². The van der Waals surface area contributed by atoms with Crippen molar-refractivity contribution < 1.29 is 14.6 Å². The fourth-order valence-corrected chi connectivity index (χ4v) is 4.40. The highest BCUT2D eigenvalue weighted by atomic mass is 35.5. The minimum Gasteiger partial charge on any atom is -0.391 e. The molecule has 1 aliphatic carbocycles. The van der Waals surface area contributed by atoms with Crippen LogP contribution in [0.2, 0.25) is 0 Å². The first-order valence-corrected chi connectivity index (χ1v) is 10.5. The van der Waals surface area contributed by atoms with E-state index in [4.69, 9.17) is 21.1 Å². The lowest BCUT2D eigenvalue weighted by Crippen LogP contribution is -2.44. The summed E-state index contributed by atoms with van der Waals surface area (Å²) in [6.07, 6.45) is 7.35. The third kappa shape index (κ3) is 4.19. The maximum Gasteiger partial charge on any atom is 0.190 e. The molecule has 0 fully saturated rings. The first-order valence-electron chi connectivity index (χ1n) is 9.98. The third-order valence-corrected chi connectivity index (χ3v) is 6.11. The Kier molecular flexibility index (Phi) is 7.31. The molecule has 3 rings (SSSR count). The minimum atomic E-state index is -0.774. The summed E-state index contributed by atoms with van der Waals surface area (Å²) in [6.45, 7) is 0. The second-order valence-electron chi connectivity index (χ2n) is 7.30. The van der Waals surface area contributed by atoms with Gasteiger partial charge in [0, 0.05) is 26.5 Å². The molecule has 0 radical (unpaired) electrons. The van der Waals surface area contributed by atoms with Crippen molar-refractivity contribution in [2.75, 3.05) is 20.1 Å². The zero-order chi connectivity index (χ0) is 20.7. The van der Waals surface area contributed by atoms with E-state index in [1.165, 1.54) is 0 Å². The van der Waals surface area contributed by atoms with Gasteiger partial charge >= 0.3 is 0 Å². The molecule has 2 aromatic rings. The average Bonchev–Trinajstić information content (AvgIpc) is 2.80. The van der Waals surface area contributed by atoms with E-state index in [1.54, 1.807) is 14.2 Å². The Bertz CT molecular complexity index is 786. The van der Waals surface area contributed by atoms with Gasteiger partial charge < -0.3 is 14.6 Å². The molecule has 3 nitrogen and oxygen atoms in total. The van der Waals surface area contributed by atoms with Crippen molar-refractivity contribution in [3.8, 4) is 0 Å². The van der Waals surface area contributed by atoms with Gasteiger partial charge in [0.2, 0.25) is 0 Å². The van der Waals surface area contributed by atoms with Crippen LogP contribution in [0.1, 0.15) is 30.4 Å². The molecular formula is C25H29ClO3. The van der Waals surface area contributed by atoms with Crippen molar-refractivity contribution in [3.05, 3.63) is 95.6 Å². The first-order chi connectivity index (χ1) is 14.1. The molecule has 0 saturated carbocycles. The van der Waals surface area contributed by atoms with Gasteiger partial charge in [0.15, 0.2) is 5.79 Å². The molecule has 4 heteroatoms. The average molecular weight is 413 g/mol. The standard InChI is InChI=1S/C25H29ClO3/c1-28-24(29-2)17-15-22(16-18-24)25(23(27)14-9-19-26,20-10-5-3-6-11-20)21-12-7-4-8-13-21/h3-8,10-13,15-17,23,27H,9,14,18-19H2,1-2H3. The van der Waals surface area contributed by atoms with Gasteiger partial charge in [0.1, 0.15) is 0 Å². The quantitative estimate of drug-likeness (QED) is 0.452. The number of ether oxygens (including phenoxy) is 2. The van der Waals surface area contributed by atoms with E-state index < -0.39 is 17.3 Å². The number of halogens is 1. The maximum absolute atomic E-state index is 11.6. The van der Waals surface area contributed by atoms with Crippen molar-refractivity contribution in [2.45, 2.75) is 36.6 Å². The van der Waals surface area contributed by atoms with Crippen LogP contribution in [0.25, 0.3) is 0 Å². The van der Waals surface area contributed by atoms with Crippen molar-refractivity contribution in [3.63, 3.8) is 0 Å². The van der Waals surface area contributed by atoms with E-state index in [1.807, 2.05) is 48.6 Å². The van der Waals surface area contributed by atoms with Gasteiger partial charge in [-0.05, 0) is 35.6 Å². The van der Waals surface area contributed by atoms with E-state index in [-0.39, 0.29) is 0 Å². The number of methoxy groups -OCH3 is 2. The Hall–Kier alpha value is -1.91. The predicted molar refractivity (Wildman–Crippen MR) is 118 cm³/mol. The Morgan fingerprint density at radius 3 is 1.97 bits per heavy atom. The van der Waals surface area contributed by atoms with Gasteiger partial charge in [-0.15, -0.1) is 11.6 Å². The SMILES string of the molecule is COC1(OC)C=CC(C(c2ccccc2)(c2ccccc2)C(O)CCCCl)=CC1. The Labute approximate surface area is 178 Å². The number of aliphatic hydroxyl groups is 1. The summed E-state index contributed by atoms with van der Waals surface area (Å²) in [4.78, 5) is 0. The molecule has 0 aliphatic heterocycles. The Morgan fingerprint density at radius 1 is 1.00 bits per heavy atom. The fraction of sp³-hybridized carbons (Fsp3) is 0.360. The van der Waals surface area contributed by atoms with Gasteiger partial charge in [-0.1, -0.05) is 72.8 Å². The largest absolute Gasteiger partial charge is 0.391 e. The van der Waals surface area contributed by atoms with Gasteiger partial charge in [-0.25, -0.2) is 0 Å². The zero-order valence-electron chi connectivity index (χ0n) is 17.1. The number of rotatable bonds is 9. The first kappa shape index (κ1) is 21.8. The van der Waals surface area contributed by atoms with Gasteiger partial charge in [-0.3, -0.25) is 0 Å². The number of hydrogen-bond acceptors (Lipinski definition) is 3. The number of aliphatic hydroxyl groups excluding tert-OH is 1. The molecule has 1 unspecified atom stereocenters. The summed E-state index contributed by atoms with van der Waals surface area (Å²) < 4.78 is 11.2. The molecule has 0 aromatic heterocycles. The molecule has 1 N–H and O–H groups in total. The van der Waals surface area contributed by atoms with Crippen LogP contribution in [0, 0.1) is 0 Å². The van der Waals surface area contributed by atoms with Crippen LogP contribution in [-0.2, 0) is 14.9 Å². The van der Waals surface area contributed by atoms with Gasteiger partial charge in [0.25, 0.3) is 0 Å². The van der Waals surface area contributed by atoms with Crippen LogP contribution in [0.4, 0.5) is 0 Å². The molecule has 0 amide bonds. The maximum atomic E-state index is 11.6. The summed E-state index contributed by atoms with van der Waals surface area (Å²) >= 11 is 5.98. The molecule has 154 valence electrons. The second-order valence-corrected chi connectivity index (χ2v) is 7.68. The molecule has 0 spiro atoms. The second kappa shape index (κ2) is 9.73. The number of allylic oxidation sites excluding steroid dienone is 1. The highest BCUT2D eigenvalue weighted by Crippen LogP contribution is 2.46. The lowest BCUT2D eigenvalue weighted by atomic mass is 9.63. The van der Waals surface area contributed by atoms with E-state index in [0.717, 1.165) is 23.1 Å². The van der Waals surface area contributed by atoms with Gasteiger partial charge in [-0.2, -0.15) is 0 Å².